The maximum Gasteiger partial charge on any atom is 0.270 e. The van der Waals surface area contributed by atoms with Crippen LogP contribution < -0.4 is 0 Å². The summed E-state index contributed by atoms with van der Waals surface area (Å²) in [5.74, 6) is 0.650. The van der Waals surface area contributed by atoms with Gasteiger partial charge in [0.05, 0.1) is 5.92 Å². The zero-order valence-electron chi connectivity index (χ0n) is 17.7. The van der Waals surface area contributed by atoms with Gasteiger partial charge in [0.2, 0.25) is 5.91 Å². The van der Waals surface area contributed by atoms with Crippen molar-refractivity contribution in [3.05, 3.63) is 36.0 Å². The second-order valence-corrected chi connectivity index (χ2v) is 9.16. The molecule has 0 spiro atoms. The van der Waals surface area contributed by atoms with E-state index in [1.807, 2.05) is 35.2 Å². The Morgan fingerprint density at radius 2 is 1.63 bits per heavy atom. The molecule has 5 rings (SSSR count). The number of nitrogens with zero attached hydrogens (tertiary/aromatic N) is 3. The van der Waals surface area contributed by atoms with E-state index < -0.39 is 0 Å². The Balaban J connectivity index is 1.17. The molecule has 1 atom stereocenters. The molecule has 2 aromatic rings. The van der Waals surface area contributed by atoms with Gasteiger partial charge in [-0.3, -0.25) is 14.5 Å². The molecule has 2 amide bonds. The number of hydrogen-bond donors (Lipinski definition) is 1. The maximum absolute atomic E-state index is 13.0. The van der Waals surface area contributed by atoms with E-state index in [4.69, 9.17) is 0 Å². The number of carbonyl (C=O) groups is 2. The molecule has 6 nitrogen and oxygen atoms in total. The number of rotatable bonds is 3. The van der Waals surface area contributed by atoms with Gasteiger partial charge in [-0.1, -0.05) is 18.2 Å². The highest BCUT2D eigenvalue weighted by atomic mass is 16.2. The molecule has 0 bridgehead atoms. The lowest BCUT2D eigenvalue weighted by Gasteiger charge is -2.42. The lowest BCUT2D eigenvalue weighted by Crippen LogP contribution is -2.51. The second kappa shape index (κ2) is 8.42. The molecule has 3 aliphatic rings. The molecular weight excluding hydrogens is 376 g/mol. The molecule has 3 fully saturated rings. The van der Waals surface area contributed by atoms with Gasteiger partial charge in [-0.05, 0) is 57.2 Å². The summed E-state index contributed by atoms with van der Waals surface area (Å²) in [4.78, 5) is 35.7. The predicted octanol–water partition coefficient (Wildman–Crippen LogP) is 3.11. The number of hydrogen-bond acceptors (Lipinski definition) is 3. The van der Waals surface area contributed by atoms with Crippen molar-refractivity contribution in [3.8, 4) is 0 Å². The normalized spacial score (nSPS) is 23.9. The fourth-order valence-corrected chi connectivity index (χ4v) is 5.53. The van der Waals surface area contributed by atoms with Gasteiger partial charge >= 0.3 is 0 Å². The predicted molar refractivity (Wildman–Crippen MR) is 117 cm³/mol. The Hall–Kier alpha value is -2.34. The first-order chi connectivity index (χ1) is 14.7. The van der Waals surface area contributed by atoms with E-state index in [9.17, 15) is 9.59 Å². The van der Waals surface area contributed by atoms with Crippen molar-refractivity contribution in [2.24, 2.45) is 5.92 Å². The van der Waals surface area contributed by atoms with Gasteiger partial charge < -0.3 is 14.8 Å². The minimum Gasteiger partial charge on any atom is -0.351 e. The van der Waals surface area contributed by atoms with E-state index in [1.54, 1.807) is 0 Å². The van der Waals surface area contributed by atoms with Gasteiger partial charge in [0.25, 0.3) is 5.91 Å². The number of amides is 2. The van der Waals surface area contributed by atoms with Gasteiger partial charge in [-0.2, -0.15) is 0 Å². The van der Waals surface area contributed by atoms with E-state index >= 15 is 0 Å². The van der Waals surface area contributed by atoms with Crippen molar-refractivity contribution in [3.63, 3.8) is 0 Å². The summed E-state index contributed by atoms with van der Waals surface area (Å²) in [7, 11) is 0. The minimum absolute atomic E-state index is 0.102. The first-order valence-electron chi connectivity index (χ1n) is 11.6. The largest absolute Gasteiger partial charge is 0.351 e. The highest BCUT2D eigenvalue weighted by Gasteiger charge is 2.34. The third kappa shape index (κ3) is 3.85. The molecule has 6 heteroatoms. The van der Waals surface area contributed by atoms with Crippen LogP contribution >= 0.6 is 0 Å². The average Bonchev–Trinajstić information content (AvgIpc) is 3.48. The number of aromatic nitrogens is 1. The Labute approximate surface area is 178 Å². The van der Waals surface area contributed by atoms with Crippen molar-refractivity contribution in [2.75, 3.05) is 39.3 Å². The topological polar surface area (TPSA) is 59.7 Å². The summed E-state index contributed by atoms with van der Waals surface area (Å²) in [5.41, 5.74) is 1.70. The monoisotopic (exact) mass is 408 g/mol. The first kappa shape index (κ1) is 19.6. The standard InChI is InChI=1S/C24H32N4O2/c29-23(26-11-3-4-12-26)19-7-5-13-28(17-19)20-9-14-27(15-10-20)24(30)22-16-18-6-1-2-8-21(18)25-22/h1-2,6,8,16,19-20,25H,3-5,7,9-15,17H2/t19-/m0/s1. The molecule has 1 aromatic carbocycles. The fraction of sp³-hybridized carbons (Fsp3) is 0.583. The molecule has 0 saturated carbocycles. The number of likely N-dealkylation sites (tertiary alicyclic amines) is 3. The van der Waals surface area contributed by atoms with Crippen molar-refractivity contribution >= 4 is 22.7 Å². The van der Waals surface area contributed by atoms with Crippen LogP contribution in [0, 0.1) is 5.92 Å². The van der Waals surface area contributed by atoms with Crippen LogP contribution in [0.3, 0.4) is 0 Å². The Bertz CT molecular complexity index is 876. The molecule has 30 heavy (non-hydrogen) atoms. The van der Waals surface area contributed by atoms with Crippen LogP contribution in [-0.4, -0.2) is 76.8 Å². The number of benzene rings is 1. The molecule has 3 aliphatic heterocycles. The number of H-pyrrole nitrogens is 1. The highest BCUT2D eigenvalue weighted by Crippen LogP contribution is 2.27. The number of nitrogens with one attached hydrogen (secondary N) is 1. The first-order valence-corrected chi connectivity index (χ1v) is 11.6. The minimum atomic E-state index is 0.102. The summed E-state index contributed by atoms with van der Waals surface area (Å²) in [6, 6.07) is 10.5. The van der Waals surface area contributed by atoms with Crippen LogP contribution in [0.1, 0.15) is 49.0 Å². The number of fused-ring (bicyclic) bond motifs is 1. The van der Waals surface area contributed by atoms with Crippen LogP contribution in [0.2, 0.25) is 0 Å². The maximum atomic E-state index is 13.0. The summed E-state index contributed by atoms with van der Waals surface area (Å²) in [6.07, 6.45) is 6.45. The third-order valence-electron chi connectivity index (χ3n) is 7.25. The summed E-state index contributed by atoms with van der Waals surface area (Å²) in [6.45, 7) is 5.47. The molecule has 1 N–H and O–H groups in total. The van der Waals surface area contributed by atoms with Gasteiger partial charge in [0.15, 0.2) is 0 Å². The smallest absolute Gasteiger partial charge is 0.270 e. The van der Waals surface area contributed by atoms with Crippen molar-refractivity contribution in [1.29, 1.82) is 0 Å². The highest BCUT2D eigenvalue weighted by molar-refractivity contribution is 5.98. The molecular formula is C24H32N4O2. The van der Waals surface area contributed by atoms with Crippen LogP contribution in [0.4, 0.5) is 0 Å². The molecule has 0 unspecified atom stereocenters. The van der Waals surface area contributed by atoms with E-state index in [-0.39, 0.29) is 11.8 Å². The number of carbonyl (C=O) groups excluding carboxylic acids is 2. The zero-order chi connectivity index (χ0) is 20.5. The molecule has 0 radical (unpaired) electrons. The molecule has 1 aromatic heterocycles. The van der Waals surface area contributed by atoms with Crippen LogP contribution in [-0.2, 0) is 4.79 Å². The quantitative estimate of drug-likeness (QED) is 0.849. The number of aromatic amines is 1. The van der Waals surface area contributed by atoms with Gasteiger partial charge in [0.1, 0.15) is 5.69 Å². The van der Waals surface area contributed by atoms with Crippen LogP contribution in [0.15, 0.2) is 30.3 Å². The van der Waals surface area contributed by atoms with Crippen LogP contribution in [0.5, 0.6) is 0 Å². The molecule has 3 saturated heterocycles. The fourth-order valence-electron chi connectivity index (χ4n) is 5.53. The third-order valence-corrected chi connectivity index (χ3v) is 7.25. The van der Waals surface area contributed by atoms with E-state index in [2.05, 4.69) is 14.8 Å². The summed E-state index contributed by atoms with van der Waals surface area (Å²) < 4.78 is 0. The van der Waals surface area contributed by atoms with Crippen LogP contribution in [0.25, 0.3) is 10.9 Å². The number of para-hydroxylation sites is 1. The molecule has 160 valence electrons. The van der Waals surface area contributed by atoms with E-state index in [0.717, 1.165) is 88.7 Å². The van der Waals surface area contributed by atoms with Crippen molar-refractivity contribution < 1.29 is 9.59 Å². The summed E-state index contributed by atoms with van der Waals surface area (Å²) in [5, 5.41) is 1.08. The van der Waals surface area contributed by atoms with E-state index in [1.165, 1.54) is 0 Å². The van der Waals surface area contributed by atoms with E-state index in [0.29, 0.717) is 17.6 Å². The van der Waals surface area contributed by atoms with Gasteiger partial charge in [-0.25, -0.2) is 0 Å². The second-order valence-electron chi connectivity index (χ2n) is 9.16. The Morgan fingerprint density at radius 3 is 2.40 bits per heavy atom. The Kier molecular flexibility index (Phi) is 5.50. The van der Waals surface area contributed by atoms with Gasteiger partial charge in [0, 0.05) is 49.7 Å². The SMILES string of the molecule is O=C(c1cc2ccccc2[nH]1)N1CCC(N2CCC[C@H](C(=O)N3CCCC3)C2)CC1. The zero-order valence-corrected chi connectivity index (χ0v) is 17.7. The van der Waals surface area contributed by atoms with Gasteiger partial charge in [-0.15, -0.1) is 0 Å². The molecule has 0 aliphatic carbocycles. The lowest BCUT2D eigenvalue weighted by molar-refractivity contribution is -0.136. The average molecular weight is 409 g/mol. The molecule has 4 heterocycles. The van der Waals surface area contributed by atoms with Crippen molar-refractivity contribution in [2.45, 2.75) is 44.6 Å². The van der Waals surface area contributed by atoms with Crippen molar-refractivity contribution in [1.82, 2.24) is 19.7 Å². The lowest BCUT2D eigenvalue weighted by atomic mass is 9.93. The number of piperidine rings is 2. The summed E-state index contributed by atoms with van der Waals surface area (Å²) >= 11 is 0. The Morgan fingerprint density at radius 1 is 0.867 bits per heavy atom.